The van der Waals surface area contributed by atoms with Crippen LogP contribution in [0, 0.1) is 0 Å². The molecule has 1 unspecified atom stereocenters. The molecular formula is C17H18N4O3. The Morgan fingerprint density at radius 3 is 2.83 bits per heavy atom. The number of hydrogen-bond donors (Lipinski definition) is 1. The second-order valence-electron chi connectivity index (χ2n) is 5.38. The Morgan fingerprint density at radius 2 is 2.08 bits per heavy atom. The summed E-state index contributed by atoms with van der Waals surface area (Å²) in [6, 6.07) is 9.79. The number of nitrogens with one attached hydrogen (secondary N) is 1. The predicted octanol–water partition coefficient (Wildman–Crippen LogP) is 0.806. The fourth-order valence-electron chi connectivity index (χ4n) is 2.52. The van der Waals surface area contributed by atoms with Gasteiger partial charge < -0.3 is 15.0 Å². The zero-order valence-corrected chi connectivity index (χ0v) is 13.1. The average molecular weight is 326 g/mol. The Hall–Kier alpha value is -2.80. The van der Waals surface area contributed by atoms with Gasteiger partial charge in [0.05, 0.1) is 25.9 Å². The molecule has 0 spiro atoms. The monoisotopic (exact) mass is 326 g/mol. The van der Waals surface area contributed by atoms with Crippen molar-refractivity contribution in [3.63, 3.8) is 0 Å². The molecule has 1 aromatic heterocycles. The highest BCUT2D eigenvalue weighted by Gasteiger charge is 2.25. The van der Waals surface area contributed by atoms with Crippen LogP contribution in [0.15, 0.2) is 48.9 Å². The zero-order chi connectivity index (χ0) is 16.8. The molecular weight excluding hydrogens is 308 g/mol. The van der Waals surface area contributed by atoms with Crippen molar-refractivity contribution in [1.82, 2.24) is 20.2 Å². The van der Waals surface area contributed by atoms with Gasteiger partial charge in [-0.2, -0.15) is 0 Å². The lowest BCUT2D eigenvalue weighted by Crippen LogP contribution is -2.46. The molecule has 1 fully saturated rings. The van der Waals surface area contributed by atoms with E-state index in [1.54, 1.807) is 4.90 Å². The van der Waals surface area contributed by atoms with Gasteiger partial charge in [-0.1, -0.05) is 30.3 Å². The lowest BCUT2D eigenvalue weighted by atomic mass is 10.1. The van der Waals surface area contributed by atoms with Gasteiger partial charge in [-0.05, 0) is 5.56 Å². The van der Waals surface area contributed by atoms with Crippen LogP contribution in [0.5, 0.6) is 0 Å². The largest absolute Gasteiger partial charge is 0.370 e. The molecule has 1 atom stereocenters. The third kappa shape index (κ3) is 3.94. The summed E-state index contributed by atoms with van der Waals surface area (Å²) in [5, 5.41) is 2.58. The van der Waals surface area contributed by atoms with Crippen molar-refractivity contribution < 1.29 is 14.3 Å². The van der Waals surface area contributed by atoms with Crippen LogP contribution in [0.1, 0.15) is 22.2 Å². The quantitative estimate of drug-likeness (QED) is 0.899. The number of hydrogen-bond acceptors (Lipinski definition) is 5. The molecule has 1 aliphatic rings. The van der Waals surface area contributed by atoms with Crippen molar-refractivity contribution in [2.24, 2.45) is 0 Å². The van der Waals surface area contributed by atoms with E-state index in [0.29, 0.717) is 19.7 Å². The van der Waals surface area contributed by atoms with E-state index in [4.69, 9.17) is 4.74 Å². The van der Waals surface area contributed by atoms with E-state index in [-0.39, 0.29) is 24.2 Å². The molecule has 2 amide bonds. The summed E-state index contributed by atoms with van der Waals surface area (Å²) in [5.74, 6) is -0.555. The fourth-order valence-corrected chi connectivity index (χ4v) is 2.52. The number of carbonyl (C=O) groups excluding carboxylic acids is 2. The molecule has 1 saturated heterocycles. The van der Waals surface area contributed by atoms with Crippen molar-refractivity contribution in [2.75, 3.05) is 26.2 Å². The van der Waals surface area contributed by atoms with Crippen molar-refractivity contribution in [3.05, 3.63) is 60.2 Å². The molecule has 0 saturated carbocycles. The van der Waals surface area contributed by atoms with E-state index < -0.39 is 5.91 Å². The van der Waals surface area contributed by atoms with Crippen molar-refractivity contribution >= 4 is 11.8 Å². The third-order valence-electron chi connectivity index (χ3n) is 3.79. The molecule has 124 valence electrons. The molecule has 2 heterocycles. The smallest absolute Gasteiger partial charge is 0.271 e. The first-order valence-electron chi connectivity index (χ1n) is 7.72. The summed E-state index contributed by atoms with van der Waals surface area (Å²) in [6.45, 7) is 1.40. The molecule has 24 heavy (non-hydrogen) atoms. The van der Waals surface area contributed by atoms with E-state index in [1.165, 1.54) is 18.6 Å². The Morgan fingerprint density at radius 1 is 1.25 bits per heavy atom. The van der Waals surface area contributed by atoms with E-state index in [1.807, 2.05) is 30.3 Å². The number of benzene rings is 1. The van der Waals surface area contributed by atoms with Gasteiger partial charge in [0.25, 0.3) is 5.91 Å². The normalized spacial score (nSPS) is 17.3. The molecule has 0 aliphatic carbocycles. The van der Waals surface area contributed by atoms with Gasteiger partial charge in [-0.25, -0.2) is 4.98 Å². The average Bonchev–Trinajstić information content (AvgIpc) is 2.67. The van der Waals surface area contributed by atoms with Crippen LogP contribution in [0.2, 0.25) is 0 Å². The van der Waals surface area contributed by atoms with Crippen LogP contribution in [0.25, 0.3) is 0 Å². The maximum Gasteiger partial charge on any atom is 0.271 e. The molecule has 7 nitrogen and oxygen atoms in total. The van der Waals surface area contributed by atoms with Gasteiger partial charge in [0.15, 0.2) is 0 Å². The molecule has 3 rings (SSSR count). The Balaban J connectivity index is 1.54. The van der Waals surface area contributed by atoms with Gasteiger partial charge in [-0.3, -0.25) is 14.6 Å². The molecule has 1 aromatic carbocycles. The summed E-state index contributed by atoms with van der Waals surface area (Å²) >= 11 is 0. The minimum absolute atomic E-state index is 0.0725. The standard InChI is InChI=1S/C17H18N4O3/c22-16(11-20-17(23)14-10-18-6-7-19-14)21-8-9-24-15(12-21)13-4-2-1-3-5-13/h1-7,10,15H,8-9,11-12H2,(H,20,23). The lowest BCUT2D eigenvalue weighted by Gasteiger charge is -2.33. The minimum Gasteiger partial charge on any atom is -0.370 e. The first kappa shape index (κ1) is 16.1. The number of ether oxygens (including phenoxy) is 1. The number of nitrogens with zero attached hydrogens (tertiary/aromatic N) is 3. The summed E-state index contributed by atoms with van der Waals surface area (Å²) in [5.41, 5.74) is 1.23. The molecule has 2 aromatic rings. The van der Waals surface area contributed by atoms with Gasteiger partial charge in [0, 0.05) is 18.9 Å². The minimum atomic E-state index is -0.413. The van der Waals surface area contributed by atoms with Crippen LogP contribution in [-0.4, -0.2) is 52.9 Å². The molecule has 0 bridgehead atoms. The van der Waals surface area contributed by atoms with E-state index in [2.05, 4.69) is 15.3 Å². The Kier molecular flexibility index (Phi) is 5.12. The number of rotatable bonds is 4. The van der Waals surface area contributed by atoms with Gasteiger partial charge in [-0.15, -0.1) is 0 Å². The second-order valence-corrected chi connectivity index (χ2v) is 5.38. The molecule has 0 radical (unpaired) electrons. The van der Waals surface area contributed by atoms with E-state index >= 15 is 0 Å². The Bertz CT molecular complexity index is 693. The molecule has 1 N–H and O–H groups in total. The van der Waals surface area contributed by atoms with Crippen LogP contribution in [-0.2, 0) is 9.53 Å². The highest BCUT2D eigenvalue weighted by Crippen LogP contribution is 2.21. The fraction of sp³-hybridized carbons (Fsp3) is 0.294. The van der Waals surface area contributed by atoms with E-state index in [9.17, 15) is 9.59 Å². The number of amides is 2. The SMILES string of the molecule is O=C(NCC(=O)N1CCOC(c2ccccc2)C1)c1cnccn1. The van der Waals surface area contributed by atoms with Gasteiger partial charge >= 0.3 is 0 Å². The summed E-state index contributed by atoms with van der Waals surface area (Å²) < 4.78 is 5.74. The molecule has 7 heteroatoms. The third-order valence-corrected chi connectivity index (χ3v) is 3.79. The summed E-state index contributed by atoms with van der Waals surface area (Å²) in [7, 11) is 0. The van der Waals surface area contributed by atoms with Gasteiger partial charge in [0.1, 0.15) is 11.8 Å². The van der Waals surface area contributed by atoms with Crippen LogP contribution in [0.4, 0.5) is 0 Å². The van der Waals surface area contributed by atoms with E-state index in [0.717, 1.165) is 5.56 Å². The zero-order valence-electron chi connectivity index (χ0n) is 13.1. The summed E-state index contributed by atoms with van der Waals surface area (Å²) in [6.07, 6.45) is 4.14. The Labute approximate surface area is 139 Å². The van der Waals surface area contributed by atoms with Crippen LogP contribution >= 0.6 is 0 Å². The number of aromatic nitrogens is 2. The first-order valence-corrected chi connectivity index (χ1v) is 7.72. The highest BCUT2D eigenvalue weighted by molar-refractivity contribution is 5.94. The van der Waals surface area contributed by atoms with Crippen LogP contribution < -0.4 is 5.32 Å². The molecule has 1 aliphatic heterocycles. The lowest BCUT2D eigenvalue weighted by molar-refractivity contribution is -0.137. The first-order chi connectivity index (χ1) is 11.7. The number of carbonyl (C=O) groups is 2. The topological polar surface area (TPSA) is 84.4 Å². The van der Waals surface area contributed by atoms with Gasteiger partial charge in [0.2, 0.25) is 5.91 Å². The predicted molar refractivity (Wildman–Crippen MR) is 86.1 cm³/mol. The highest BCUT2D eigenvalue weighted by atomic mass is 16.5. The van der Waals surface area contributed by atoms with Crippen molar-refractivity contribution in [2.45, 2.75) is 6.10 Å². The maximum atomic E-state index is 12.3. The van der Waals surface area contributed by atoms with Crippen molar-refractivity contribution in [1.29, 1.82) is 0 Å². The second kappa shape index (κ2) is 7.65. The van der Waals surface area contributed by atoms with Crippen molar-refractivity contribution in [3.8, 4) is 0 Å². The number of morpholine rings is 1. The summed E-state index contributed by atoms with van der Waals surface area (Å²) in [4.78, 5) is 33.7. The maximum absolute atomic E-state index is 12.3. The van der Waals surface area contributed by atoms with Crippen LogP contribution in [0.3, 0.4) is 0 Å².